The van der Waals surface area contributed by atoms with Crippen molar-refractivity contribution in [2.24, 2.45) is 0 Å². The summed E-state index contributed by atoms with van der Waals surface area (Å²) in [6.45, 7) is 1.09. The Morgan fingerprint density at radius 2 is 2.39 bits per heavy atom. The predicted molar refractivity (Wildman–Crippen MR) is 85.3 cm³/mol. The minimum Gasteiger partial charge on any atom is -0.493 e. The number of ether oxygens (including phenoxy) is 2. The second-order valence-corrected chi connectivity index (χ2v) is 6.49. The van der Waals surface area contributed by atoms with Gasteiger partial charge in [0, 0.05) is 25.1 Å². The average Bonchev–Trinajstić information content (AvgIpc) is 2.77. The van der Waals surface area contributed by atoms with Gasteiger partial charge in [-0.05, 0) is 18.1 Å². The molecule has 3 atom stereocenters. The van der Waals surface area contributed by atoms with E-state index >= 15 is 0 Å². The fourth-order valence-corrected chi connectivity index (χ4v) is 4.14. The van der Waals surface area contributed by atoms with E-state index in [-0.39, 0.29) is 11.5 Å². The first kappa shape index (κ1) is 14.6. The van der Waals surface area contributed by atoms with Crippen LogP contribution in [0, 0.1) is 0 Å². The molecule has 2 heterocycles. The number of carbonyl (C=O) groups excluding carboxylic acids is 1. The summed E-state index contributed by atoms with van der Waals surface area (Å²) in [4.78, 5) is 13.1. The molecule has 4 rings (SSSR count). The van der Waals surface area contributed by atoms with E-state index in [0.29, 0.717) is 36.5 Å². The molecule has 3 aliphatic rings. The Morgan fingerprint density at radius 1 is 1.57 bits per heavy atom. The molecular formula is C17H18BNO4. The number of aliphatic hydroxyl groups excluding tert-OH is 1. The molecule has 0 bridgehead atoms. The van der Waals surface area contributed by atoms with Gasteiger partial charge in [0.15, 0.2) is 11.5 Å². The summed E-state index contributed by atoms with van der Waals surface area (Å²) in [5.74, 6) is 1.31. The molecule has 0 unspecified atom stereocenters. The van der Waals surface area contributed by atoms with E-state index in [4.69, 9.17) is 17.3 Å². The van der Waals surface area contributed by atoms with Crippen molar-refractivity contribution in [2.75, 3.05) is 13.7 Å². The van der Waals surface area contributed by atoms with Gasteiger partial charge < -0.3 is 19.5 Å². The fraction of sp³-hybridized carbons (Fsp3) is 0.471. The van der Waals surface area contributed by atoms with Gasteiger partial charge in [-0.3, -0.25) is 4.79 Å². The molecule has 5 nitrogen and oxygen atoms in total. The monoisotopic (exact) mass is 311 g/mol. The van der Waals surface area contributed by atoms with Crippen LogP contribution in [0.15, 0.2) is 18.2 Å². The van der Waals surface area contributed by atoms with Crippen molar-refractivity contribution in [3.63, 3.8) is 0 Å². The number of aliphatic hydroxyl groups is 1. The number of methoxy groups -OCH3 is 1. The van der Waals surface area contributed by atoms with Crippen molar-refractivity contribution in [2.45, 2.75) is 37.0 Å². The average molecular weight is 311 g/mol. The zero-order valence-corrected chi connectivity index (χ0v) is 13.0. The fourth-order valence-electron chi connectivity index (χ4n) is 4.14. The molecule has 6 heteroatoms. The smallest absolute Gasteiger partial charge is 0.210 e. The van der Waals surface area contributed by atoms with Crippen molar-refractivity contribution >= 4 is 19.7 Å². The zero-order chi connectivity index (χ0) is 16.2. The normalized spacial score (nSPS) is 31.0. The molecule has 1 aromatic carbocycles. The number of hydrogen-bond acceptors (Lipinski definition) is 4. The van der Waals surface area contributed by atoms with Crippen LogP contribution in [-0.4, -0.2) is 50.1 Å². The molecule has 2 aliphatic heterocycles. The lowest BCUT2D eigenvalue weighted by Gasteiger charge is -2.35. The van der Waals surface area contributed by atoms with Gasteiger partial charge in [-0.15, -0.1) is 0 Å². The number of carbonyl (C=O) groups is 1. The van der Waals surface area contributed by atoms with E-state index in [1.807, 2.05) is 12.2 Å². The highest BCUT2D eigenvalue weighted by Gasteiger charge is 2.53. The van der Waals surface area contributed by atoms with Crippen LogP contribution >= 0.6 is 0 Å². The molecule has 0 fully saturated rings. The topological polar surface area (TPSA) is 59.0 Å². The third-order valence-electron chi connectivity index (χ3n) is 5.30. The van der Waals surface area contributed by atoms with Crippen LogP contribution < -0.4 is 14.9 Å². The summed E-state index contributed by atoms with van der Waals surface area (Å²) in [6, 6.07) is 1.76. The second-order valence-electron chi connectivity index (χ2n) is 6.49. The van der Waals surface area contributed by atoms with E-state index in [1.165, 1.54) is 0 Å². The highest BCUT2D eigenvalue weighted by Crippen LogP contribution is 2.55. The van der Waals surface area contributed by atoms with Crippen LogP contribution in [0.3, 0.4) is 0 Å². The molecule has 0 saturated heterocycles. The predicted octanol–water partition coefficient (Wildman–Crippen LogP) is 0.171. The van der Waals surface area contributed by atoms with Gasteiger partial charge >= 0.3 is 0 Å². The molecular weight excluding hydrogens is 293 g/mol. The molecule has 1 amide bonds. The van der Waals surface area contributed by atoms with Gasteiger partial charge in [-0.25, -0.2) is 0 Å². The Labute approximate surface area is 136 Å². The van der Waals surface area contributed by atoms with E-state index in [0.717, 1.165) is 24.0 Å². The van der Waals surface area contributed by atoms with Crippen molar-refractivity contribution in [3.8, 4) is 11.5 Å². The largest absolute Gasteiger partial charge is 0.493 e. The molecule has 0 aromatic heterocycles. The third kappa shape index (κ3) is 1.94. The lowest BCUT2D eigenvalue weighted by molar-refractivity contribution is -0.118. The molecule has 0 saturated carbocycles. The highest BCUT2D eigenvalue weighted by molar-refractivity contribution is 6.33. The lowest BCUT2D eigenvalue weighted by Crippen LogP contribution is -2.43. The molecule has 23 heavy (non-hydrogen) atoms. The first-order chi connectivity index (χ1) is 11.1. The zero-order valence-electron chi connectivity index (χ0n) is 13.0. The summed E-state index contributed by atoms with van der Waals surface area (Å²) in [5.41, 5.74) is 2.20. The Morgan fingerprint density at radius 3 is 3.13 bits per heavy atom. The van der Waals surface area contributed by atoms with E-state index in [1.54, 1.807) is 18.1 Å². The Balaban J connectivity index is 1.98. The summed E-state index contributed by atoms with van der Waals surface area (Å²) in [7, 11) is 7.85. The van der Waals surface area contributed by atoms with Crippen molar-refractivity contribution in [3.05, 3.63) is 29.3 Å². The van der Waals surface area contributed by atoms with Crippen LogP contribution in [0.1, 0.15) is 24.0 Å². The van der Waals surface area contributed by atoms with Gasteiger partial charge in [0.2, 0.25) is 6.41 Å². The summed E-state index contributed by atoms with van der Waals surface area (Å²) < 4.78 is 11.7. The minimum absolute atomic E-state index is 0.168. The van der Waals surface area contributed by atoms with Gasteiger partial charge in [-0.2, -0.15) is 0 Å². The van der Waals surface area contributed by atoms with Crippen LogP contribution in [0.25, 0.3) is 0 Å². The SMILES string of the molecule is [B]c1cc(OC)c2c3c1CN(C=O)CC[C@@]31C=C[C@H](O)C[C@H]1O2. The lowest BCUT2D eigenvalue weighted by atomic mass is 9.67. The summed E-state index contributed by atoms with van der Waals surface area (Å²) in [6.07, 6.45) is 5.31. The van der Waals surface area contributed by atoms with Crippen molar-refractivity contribution in [1.29, 1.82) is 0 Å². The Bertz CT molecular complexity index is 704. The number of benzene rings is 1. The van der Waals surface area contributed by atoms with Crippen LogP contribution in [0.4, 0.5) is 0 Å². The standard InChI is InChI=1S/C17H18BNO4/c1-22-13-7-12(18)11-8-19(9-20)5-4-17-3-2-10(21)6-14(17)23-16(13)15(11)17/h2-3,7,9-10,14,21H,4-6,8H2,1H3/t10-,14+,17+/m0/s1. The van der Waals surface area contributed by atoms with Crippen LogP contribution in [0.5, 0.6) is 11.5 Å². The number of nitrogens with zero attached hydrogens (tertiary/aromatic N) is 1. The highest BCUT2D eigenvalue weighted by atomic mass is 16.5. The number of rotatable bonds is 2. The van der Waals surface area contributed by atoms with Gasteiger partial charge in [0.1, 0.15) is 14.0 Å². The number of hydrogen-bond donors (Lipinski definition) is 1. The molecule has 1 N–H and O–H groups in total. The van der Waals surface area contributed by atoms with Crippen LogP contribution in [-0.2, 0) is 16.8 Å². The van der Waals surface area contributed by atoms with Crippen molar-refractivity contribution in [1.82, 2.24) is 4.90 Å². The first-order valence-electron chi connectivity index (χ1n) is 7.82. The minimum atomic E-state index is -0.517. The van der Waals surface area contributed by atoms with E-state index in [2.05, 4.69) is 0 Å². The van der Waals surface area contributed by atoms with Crippen molar-refractivity contribution < 1.29 is 19.4 Å². The van der Waals surface area contributed by atoms with Crippen LogP contribution in [0.2, 0.25) is 0 Å². The summed E-state index contributed by atoms with van der Waals surface area (Å²) >= 11 is 0. The first-order valence-corrected chi connectivity index (χ1v) is 7.82. The Hall–Kier alpha value is -1.95. The molecule has 1 spiro atoms. The molecule has 1 aliphatic carbocycles. The van der Waals surface area contributed by atoms with E-state index in [9.17, 15) is 9.90 Å². The molecule has 118 valence electrons. The maximum absolute atomic E-state index is 11.3. The molecule has 1 aromatic rings. The quantitative estimate of drug-likeness (QED) is 0.481. The second kappa shape index (κ2) is 5.03. The van der Waals surface area contributed by atoms with E-state index < -0.39 is 6.10 Å². The third-order valence-corrected chi connectivity index (χ3v) is 5.30. The van der Waals surface area contributed by atoms with Gasteiger partial charge in [-0.1, -0.05) is 17.6 Å². The number of amides is 1. The van der Waals surface area contributed by atoms with Gasteiger partial charge in [0.05, 0.1) is 18.6 Å². The maximum Gasteiger partial charge on any atom is 0.210 e. The maximum atomic E-state index is 11.3. The van der Waals surface area contributed by atoms with Gasteiger partial charge in [0.25, 0.3) is 0 Å². The summed E-state index contributed by atoms with van der Waals surface area (Å²) in [5, 5.41) is 9.99. The molecule has 2 radical (unpaired) electrons. The Kier molecular flexibility index (Phi) is 3.20.